The summed E-state index contributed by atoms with van der Waals surface area (Å²) >= 11 is 0. The summed E-state index contributed by atoms with van der Waals surface area (Å²) in [7, 11) is 1.65. The standard InChI is InChI=1S/C23H24N2O4/c1-13-12-23(2,3)25-21-16(13)10-15(27-4)11-17(21)20(22(25)26)24-14-5-6-18-19(9-14)29-8-7-28-18/h5-6,9-11,13H,7-8,12H2,1-4H3/t13-/m0/s1. The molecule has 3 aliphatic rings. The van der Waals surface area contributed by atoms with Gasteiger partial charge in [-0.2, -0.15) is 0 Å². The van der Waals surface area contributed by atoms with Crippen LogP contribution in [0.15, 0.2) is 35.3 Å². The molecular formula is C23H24N2O4. The molecule has 0 aliphatic carbocycles. The van der Waals surface area contributed by atoms with Gasteiger partial charge >= 0.3 is 0 Å². The van der Waals surface area contributed by atoms with Gasteiger partial charge in [0.1, 0.15) is 24.7 Å². The summed E-state index contributed by atoms with van der Waals surface area (Å²) in [5.74, 6) is 2.37. The van der Waals surface area contributed by atoms with Crippen molar-refractivity contribution in [3.63, 3.8) is 0 Å². The van der Waals surface area contributed by atoms with Gasteiger partial charge in [-0.1, -0.05) is 6.92 Å². The summed E-state index contributed by atoms with van der Waals surface area (Å²) in [5, 5.41) is 0. The average molecular weight is 392 g/mol. The fourth-order valence-electron chi connectivity index (χ4n) is 4.74. The number of amides is 1. The minimum Gasteiger partial charge on any atom is -0.497 e. The van der Waals surface area contributed by atoms with Gasteiger partial charge in [-0.25, -0.2) is 4.99 Å². The zero-order valence-corrected chi connectivity index (χ0v) is 17.1. The van der Waals surface area contributed by atoms with Crippen LogP contribution in [0.25, 0.3) is 0 Å². The number of nitrogens with zero attached hydrogens (tertiary/aromatic N) is 2. The number of hydrogen-bond donors (Lipinski definition) is 0. The van der Waals surface area contributed by atoms with E-state index in [9.17, 15) is 4.79 Å². The zero-order chi connectivity index (χ0) is 20.3. The Labute approximate surface area is 170 Å². The molecule has 1 atom stereocenters. The second kappa shape index (κ2) is 6.24. The van der Waals surface area contributed by atoms with Crippen molar-refractivity contribution in [2.75, 3.05) is 25.2 Å². The first-order valence-electron chi connectivity index (χ1n) is 9.94. The Bertz CT molecular complexity index is 1060. The molecule has 2 aromatic carbocycles. The van der Waals surface area contributed by atoms with Crippen LogP contribution in [-0.4, -0.2) is 37.5 Å². The van der Waals surface area contributed by atoms with E-state index in [1.54, 1.807) is 7.11 Å². The number of benzene rings is 2. The SMILES string of the molecule is COc1cc2c3c(c1)[C@@H](C)CC(C)(C)N3C(=O)C2=Nc1ccc2c(c1)OCCO2. The van der Waals surface area contributed by atoms with Crippen LogP contribution in [0.5, 0.6) is 17.2 Å². The lowest BCUT2D eigenvalue weighted by molar-refractivity contribution is -0.113. The third kappa shape index (κ3) is 2.69. The van der Waals surface area contributed by atoms with E-state index < -0.39 is 0 Å². The van der Waals surface area contributed by atoms with Crippen molar-refractivity contribution in [2.45, 2.75) is 38.6 Å². The first kappa shape index (κ1) is 18.0. The molecule has 0 bridgehead atoms. The van der Waals surface area contributed by atoms with Gasteiger partial charge in [0.05, 0.1) is 18.5 Å². The summed E-state index contributed by atoms with van der Waals surface area (Å²) in [5.41, 5.74) is 3.77. The van der Waals surface area contributed by atoms with Crippen molar-refractivity contribution in [3.05, 3.63) is 41.5 Å². The molecule has 0 aromatic heterocycles. The Morgan fingerprint density at radius 3 is 2.66 bits per heavy atom. The Balaban J connectivity index is 1.69. The highest BCUT2D eigenvalue weighted by Gasteiger charge is 2.48. The van der Waals surface area contributed by atoms with E-state index in [1.807, 2.05) is 35.2 Å². The maximum Gasteiger partial charge on any atom is 0.278 e. The number of aliphatic imine (C=N–C) groups is 1. The molecule has 6 nitrogen and oxygen atoms in total. The van der Waals surface area contributed by atoms with Crippen molar-refractivity contribution in [3.8, 4) is 17.2 Å². The molecule has 0 radical (unpaired) electrons. The highest BCUT2D eigenvalue weighted by molar-refractivity contribution is 6.55. The number of carbonyl (C=O) groups excluding carboxylic acids is 1. The molecule has 0 unspecified atom stereocenters. The Morgan fingerprint density at radius 2 is 1.90 bits per heavy atom. The number of anilines is 1. The summed E-state index contributed by atoms with van der Waals surface area (Å²) in [4.78, 5) is 20.2. The number of carbonyl (C=O) groups is 1. The summed E-state index contributed by atoms with van der Waals surface area (Å²) < 4.78 is 16.8. The summed E-state index contributed by atoms with van der Waals surface area (Å²) in [6.07, 6.45) is 0.885. The molecule has 0 saturated heterocycles. The van der Waals surface area contributed by atoms with E-state index in [0.29, 0.717) is 42.0 Å². The highest BCUT2D eigenvalue weighted by atomic mass is 16.6. The number of fused-ring (bicyclic) bond motifs is 1. The van der Waals surface area contributed by atoms with Gasteiger partial charge in [0, 0.05) is 17.2 Å². The van der Waals surface area contributed by atoms with Crippen molar-refractivity contribution >= 4 is 23.0 Å². The van der Waals surface area contributed by atoms with E-state index >= 15 is 0 Å². The van der Waals surface area contributed by atoms with Crippen LogP contribution >= 0.6 is 0 Å². The molecule has 29 heavy (non-hydrogen) atoms. The van der Waals surface area contributed by atoms with Gasteiger partial charge < -0.3 is 19.1 Å². The molecule has 3 heterocycles. The van der Waals surface area contributed by atoms with Crippen molar-refractivity contribution < 1.29 is 19.0 Å². The van der Waals surface area contributed by atoms with Gasteiger partial charge in [-0.15, -0.1) is 0 Å². The van der Waals surface area contributed by atoms with Gasteiger partial charge in [0.15, 0.2) is 11.5 Å². The molecule has 0 N–H and O–H groups in total. The molecule has 5 rings (SSSR count). The van der Waals surface area contributed by atoms with Crippen LogP contribution in [0.1, 0.15) is 44.2 Å². The molecule has 1 amide bonds. The number of ether oxygens (including phenoxy) is 3. The van der Waals surface area contributed by atoms with Crippen molar-refractivity contribution in [1.82, 2.24) is 0 Å². The first-order chi connectivity index (χ1) is 13.9. The summed E-state index contributed by atoms with van der Waals surface area (Å²) in [6.45, 7) is 7.48. The minimum absolute atomic E-state index is 0.0682. The highest BCUT2D eigenvalue weighted by Crippen LogP contribution is 2.50. The molecule has 150 valence electrons. The number of methoxy groups -OCH3 is 1. The van der Waals surface area contributed by atoms with Crippen LogP contribution in [0, 0.1) is 0 Å². The van der Waals surface area contributed by atoms with E-state index in [4.69, 9.17) is 19.2 Å². The van der Waals surface area contributed by atoms with E-state index in [1.165, 1.54) is 0 Å². The minimum atomic E-state index is -0.281. The Morgan fingerprint density at radius 1 is 1.14 bits per heavy atom. The topological polar surface area (TPSA) is 60.4 Å². The van der Waals surface area contributed by atoms with Gasteiger partial charge in [0.2, 0.25) is 0 Å². The predicted molar refractivity (Wildman–Crippen MR) is 111 cm³/mol. The lowest BCUT2D eigenvalue weighted by Crippen LogP contribution is -2.50. The molecule has 6 heteroatoms. The lowest BCUT2D eigenvalue weighted by Gasteiger charge is -2.43. The molecule has 2 aromatic rings. The van der Waals surface area contributed by atoms with Crippen LogP contribution in [0.3, 0.4) is 0 Å². The fourth-order valence-corrected chi connectivity index (χ4v) is 4.74. The van der Waals surface area contributed by atoms with Gasteiger partial charge in [-0.05, 0) is 56.0 Å². The maximum absolute atomic E-state index is 13.5. The van der Waals surface area contributed by atoms with Crippen molar-refractivity contribution in [2.24, 2.45) is 4.99 Å². The monoisotopic (exact) mass is 392 g/mol. The van der Waals surface area contributed by atoms with E-state index in [2.05, 4.69) is 20.8 Å². The van der Waals surface area contributed by atoms with Crippen molar-refractivity contribution in [1.29, 1.82) is 0 Å². The smallest absolute Gasteiger partial charge is 0.278 e. The van der Waals surface area contributed by atoms with E-state index in [-0.39, 0.29) is 11.4 Å². The molecule has 0 spiro atoms. The lowest BCUT2D eigenvalue weighted by atomic mass is 9.80. The second-order valence-electron chi connectivity index (χ2n) is 8.46. The zero-order valence-electron chi connectivity index (χ0n) is 17.1. The molecule has 0 saturated carbocycles. The van der Waals surface area contributed by atoms with Crippen LogP contribution in [0.2, 0.25) is 0 Å². The molecule has 3 aliphatic heterocycles. The quantitative estimate of drug-likeness (QED) is 0.768. The van der Waals surface area contributed by atoms with Gasteiger partial charge in [-0.3, -0.25) is 4.79 Å². The molecule has 0 fully saturated rings. The average Bonchev–Trinajstić information content (AvgIpc) is 2.98. The Hall–Kier alpha value is -3.02. The molecular weight excluding hydrogens is 368 g/mol. The fraction of sp³-hybridized carbons (Fsp3) is 0.391. The number of hydrogen-bond acceptors (Lipinski definition) is 5. The van der Waals surface area contributed by atoms with Crippen LogP contribution < -0.4 is 19.1 Å². The van der Waals surface area contributed by atoms with Crippen LogP contribution in [0.4, 0.5) is 11.4 Å². The number of rotatable bonds is 2. The van der Waals surface area contributed by atoms with Crippen LogP contribution in [-0.2, 0) is 4.79 Å². The first-order valence-corrected chi connectivity index (χ1v) is 9.94. The van der Waals surface area contributed by atoms with E-state index in [0.717, 1.165) is 29.0 Å². The summed E-state index contributed by atoms with van der Waals surface area (Å²) in [6, 6.07) is 9.48. The normalized spacial score (nSPS) is 22.6. The Kier molecular flexibility index (Phi) is 3.88. The third-order valence-electron chi connectivity index (χ3n) is 5.94. The van der Waals surface area contributed by atoms with Gasteiger partial charge in [0.25, 0.3) is 5.91 Å². The largest absolute Gasteiger partial charge is 0.497 e. The second-order valence-corrected chi connectivity index (χ2v) is 8.46. The maximum atomic E-state index is 13.5. The third-order valence-corrected chi connectivity index (χ3v) is 5.94. The predicted octanol–water partition coefficient (Wildman–Crippen LogP) is 4.22.